The molecular formula is C18H16FN3S. The second kappa shape index (κ2) is 5.74. The number of anilines is 1. The number of fused-ring (bicyclic) bond motifs is 1. The maximum Gasteiger partial charge on any atom is 0.148 e. The summed E-state index contributed by atoms with van der Waals surface area (Å²) < 4.78 is 15.9. The molecule has 1 N–H and O–H groups in total. The summed E-state index contributed by atoms with van der Waals surface area (Å²) in [6, 6.07) is 15.0. The fourth-order valence-electron chi connectivity index (χ4n) is 3.03. The largest absolute Gasteiger partial charge is 0.369 e. The van der Waals surface area contributed by atoms with Crippen LogP contribution in [0, 0.1) is 5.82 Å². The topological polar surface area (TPSA) is 29.9 Å². The first-order valence-electron chi connectivity index (χ1n) is 7.53. The van der Waals surface area contributed by atoms with Gasteiger partial charge in [-0.3, -0.25) is 0 Å². The van der Waals surface area contributed by atoms with Gasteiger partial charge in [-0.1, -0.05) is 30.3 Å². The molecule has 2 aromatic carbocycles. The Morgan fingerprint density at radius 1 is 1.13 bits per heavy atom. The van der Waals surface area contributed by atoms with E-state index in [0.29, 0.717) is 5.69 Å². The molecule has 2 heterocycles. The Bertz CT molecular complexity index is 872. The summed E-state index contributed by atoms with van der Waals surface area (Å²) in [5.74, 6) is 0.636. The van der Waals surface area contributed by atoms with Crippen molar-refractivity contribution >= 4 is 17.6 Å². The van der Waals surface area contributed by atoms with Crippen LogP contribution >= 0.6 is 11.8 Å². The predicted octanol–water partition coefficient (Wildman–Crippen LogP) is 4.37. The van der Waals surface area contributed by atoms with Crippen LogP contribution in [0.15, 0.2) is 53.4 Å². The number of aromatic nitrogens is 2. The highest BCUT2D eigenvalue weighted by molar-refractivity contribution is 7.98. The number of thioether (sulfide) groups is 1. The maximum absolute atomic E-state index is 14.2. The fraction of sp³-hybridized carbons (Fsp3) is 0.167. The van der Waals surface area contributed by atoms with Crippen LogP contribution in [-0.4, -0.2) is 22.6 Å². The molecule has 3 aromatic rings. The molecule has 116 valence electrons. The van der Waals surface area contributed by atoms with E-state index in [2.05, 4.69) is 23.7 Å². The van der Waals surface area contributed by atoms with Crippen LogP contribution in [0.2, 0.25) is 0 Å². The molecule has 0 bridgehead atoms. The molecule has 1 aliphatic rings. The monoisotopic (exact) mass is 325 g/mol. The van der Waals surface area contributed by atoms with Gasteiger partial charge in [0.2, 0.25) is 0 Å². The highest BCUT2D eigenvalue weighted by atomic mass is 32.2. The highest BCUT2D eigenvalue weighted by Gasteiger charge is 2.25. The zero-order valence-electron chi connectivity index (χ0n) is 12.7. The first kappa shape index (κ1) is 14.3. The van der Waals surface area contributed by atoms with E-state index in [4.69, 9.17) is 5.10 Å². The minimum absolute atomic E-state index is 0.267. The van der Waals surface area contributed by atoms with E-state index in [1.54, 1.807) is 28.6 Å². The summed E-state index contributed by atoms with van der Waals surface area (Å²) in [5, 5.41) is 8.09. The van der Waals surface area contributed by atoms with Crippen molar-refractivity contribution in [2.45, 2.75) is 11.3 Å². The molecule has 0 fully saturated rings. The van der Waals surface area contributed by atoms with Gasteiger partial charge in [0.25, 0.3) is 0 Å². The molecule has 0 radical (unpaired) electrons. The molecule has 0 aliphatic carbocycles. The lowest BCUT2D eigenvalue weighted by molar-refractivity contribution is 0.612. The molecular weight excluding hydrogens is 309 g/mol. The smallest absolute Gasteiger partial charge is 0.148 e. The van der Waals surface area contributed by atoms with Gasteiger partial charge in [-0.25, -0.2) is 9.07 Å². The Labute approximate surface area is 138 Å². The van der Waals surface area contributed by atoms with Crippen molar-refractivity contribution in [2.24, 2.45) is 0 Å². The van der Waals surface area contributed by atoms with Crippen LogP contribution in [0.5, 0.6) is 0 Å². The van der Waals surface area contributed by atoms with Gasteiger partial charge >= 0.3 is 0 Å². The number of rotatable bonds is 3. The second-order valence-electron chi connectivity index (χ2n) is 5.42. The van der Waals surface area contributed by atoms with Gasteiger partial charge < -0.3 is 5.32 Å². The van der Waals surface area contributed by atoms with Crippen LogP contribution in [0.25, 0.3) is 16.9 Å². The molecule has 0 saturated carbocycles. The third-order valence-corrected chi connectivity index (χ3v) is 4.89. The first-order chi connectivity index (χ1) is 11.3. The molecule has 1 aromatic heterocycles. The fourth-order valence-corrected chi connectivity index (χ4v) is 3.63. The summed E-state index contributed by atoms with van der Waals surface area (Å²) in [6.45, 7) is 0.857. The number of nitrogens with one attached hydrogen (secondary N) is 1. The minimum atomic E-state index is -0.267. The van der Waals surface area contributed by atoms with Crippen LogP contribution in [-0.2, 0) is 6.42 Å². The van der Waals surface area contributed by atoms with E-state index >= 15 is 0 Å². The lowest BCUT2D eigenvalue weighted by Crippen LogP contribution is -2.06. The summed E-state index contributed by atoms with van der Waals surface area (Å²) >= 11 is 1.70. The van der Waals surface area contributed by atoms with E-state index < -0.39 is 0 Å². The minimum Gasteiger partial charge on any atom is -0.369 e. The Balaban J connectivity index is 1.94. The summed E-state index contributed by atoms with van der Waals surface area (Å²) in [7, 11) is 0. The number of halogens is 1. The van der Waals surface area contributed by atoms with E-state index in [1.165, 1.54) is 11.0 Å². The van der Waals surface area contributed by atoms with E-state index in [1.807, 2.05) is 18.2 Å². The first-order valence-corrected chi connectivity index (χ1v) is 8.76. The molecule has 0 spiro atoms. The Kier molecular flexibility index (Phi) is 3.58. The lowest BCUT2D eigenvalue weighted by Gasteiger charge is -2.07. The Hall–Kier alpha value is -2.27. The number of nitrogens with zero attached hydrogens (tertiary/aromatic N) is 2. The molecule has 3 nitrogen and oxygen atoms in total. The number of para-hydroxylation sites is 1. The van der Waals surface area contributed by atoms with Crippen molar-refractivity contribution in [3.8, 4) is 16.9 Å². The van der Waals surface area contributed by atoms with Gasteiger partial charge in [-0.2, -0.15) is 5.10 Å². The third-order valence-electron chi connectivity index (χ3n) is 4.09. The molecule has 0 atom stereocenters. The van der Waals surface area contributed by atoms with Crippen molar-refractivity contribution in [3.05, 3.63) is 59.9 Å². The number of hydrogen-bond acceptors (Lipinski definition) is 3. The average Bonchev–Trinajstić information content (AvgIpc) is 3.18. The third kappa shape index (κ3) is 2.32. The van der Waals surface area contributed by atoms with Crippen molar-refractivity contribution in [2.75, 3.05) is 18.1 Å². The zero-order chi connectivity index (χ0) is 15.8. The predicted molar refractivity (Wildman–Crippen MR) is 92.9 cm³/mol. The van der Waals surface area contributed by atoms with Crippen LogP contribution < -0.4 is 5.32 Å². The Morgan fingerprint density at radius 2 is 1.91 bits per heavy atom. The maximum atomic E-state index is 14.2. The molecule has 0 unspecified atom stereocenters. The summed E-state index contributed by atoms with van der Waals surface area (Å²) in [6.07, 6.45) is 2.97. The Morgan fingerprint density at radius 3 is 2.74 bits per heavy atom. The van der Waals surface area contributed by atoms with Crippen molar-refractivity contribution in [1.29, 1.82) is 0 Å². The quantitative estimate of drug-likeness (QED) is 0.725. The van der Waals surface area contributed by atoms with E-state index in [0.717, 1.165) is 35.6 Å². The molecule has 0 amide bonds. The molecule has 5 heteroatoms. The van der Waals surface area contributed by atoms with Gasteiger partial charge in [-0.15, -0.1) is 11.8 Å². The van der Waals surface area contributed by atoms with Crippen LogP contribution in [0.4, 0.5) is 10.2 Å². The number of benzene rings is 2. The van der Waals surface area contributed by atoms with Gasteiger partial charge in [0.1, 0.15) is 17.3 Å². The van der Waals surface area contributed by atoms with Crippen molar-refractivity contribution in [1.82, 2.24) is 9.78 Å². The van der Waals surface area contributed by atoms with Crippen LogP contribution in [0.1, 0.15) is 5.56 Å². The van der Waals surface area contributed by atoms with Gasteiger partial charge in [0.15, 0.2) is 0 Å². The summed E-state index contributed by atoms with van der Waals surface area (Å²) in [4.78, 5) is 1.18. The second-order valence-corrected chi connectivity index (χ2v) is 6.26. The van der Waals surface area contributed by atoms with Crippen LogP contribution in [0.3, 0.4) is 0 Å². The number of hydrogen-bond donors (Lipinski definition) is 1. The normalized spacial score (nSPS) is 13.0. The highest BCUT2D eigenvalue weighted by Crippen LogP contribution is 2.38. The SMILES string of the molecule is CSc1ccccc1-c1nn(-c2ccccc2F)c2c1CCN2. The lowest BCUT2D eigenvalue weighted by atomic mass is 10.1. The van der Waals surface area contributed by atoms with Gasteiger partial charge in [-0.05, 0) is 30.9 Å². The van der Waals surface area contributed by atoms with Gasteiger partial charge in [0, 0.05) is 22.6 Å². The zero-order valence-corrected chi connectivity index (χ0v) is 13.5. The summed E-state index contributed by atoms with van der Waals surface area (Å²) in [5.41, 5.74) is 3.69. The van der Waals surface area contributed by atoms with E-state index in [-0.39, 0.29) is 5.82 Å². The average molecular weight is 325 g/mol. The van der Waals surface area contributed by atoms with Crippen molar-refractivity contribution < 1.29 is 4.39 Å². The van der Waals surface area contributed by atoms with Gasteiger partial charge in [0.05, 0.1) is 5.69 Å². The van der Waals surface area contributed by atoms with Crippen molar-refractivity contribution in [3.63, 3.8) is 0 Å². The molecule has 23 heavy (non-hydrogen) atoms. The molecule has 0 saturated heterocycles. The standard InChI is InChI=1S/C18H16FN3S/c1-23-16-9-5-2-6-12(16)17-13-10-11-20-18(13)22(21-17)15-8-4-3-7-14(15)19/h2-9,20H,10-11H2,1H3. The molecule has 1 aliphatic heterocycles. The van der Waals surface area contributed by atoms with E-state index in [9.17, 15) is 4.39 Å². The molecule has 4 rings (SSSR count).